The van der Waals surface area contributed by atoms with Crippen molar-refractivity contribution >= 4 is 0 Å². The molecule has 0 aliphatic carbocycles. The second-order valence-corrected chi connectivity index (χ2v) is 1.85. The van der Waals surface area contributed by atoms with Gasteiger partial charge in [-0.15, -0.1) is 0 Å². The zero-order valence-electron chi connectivity index (χ0n) is 4.72. The van der Waals surface area contributed by atoms with E-state index in [1.807, 2.05) is 6.08 Å². The van der Waals surface area contributed by atoms with Gasteiger partial charge in [0.25, 0.3) is 0 Å². The van der Waals surface area contributed by atoms with E-state index in [0.717, 1.165) is 13.1 Å². The Morgan fingerprint density at radius 2 is 2.38 bits per heavy atom. The molecule has 2 heteroatoms. The molecule has 2 N–H and O–H groups in total. The van der Waals surface area contributed by atoms with Gasteiger partial charge in [-0.3, -0.25) is 0 Å². The van der Waals surface area contributed by atoms with E-state index in [4.69, 9.17) is 5.11 Å². The summed E-state index contributed by atoms with van der Waals surface area (Å²) in [6.07, 6.45) is 3.73. The van der Waals surface area contributed by atoms with Crippen molar-refractivity contribution in [2.45, 2.75) is 0 Å². The molecule has 1 radical (unpaired) electrons. The molecule has 0 atom stereocenters. The number of nitrogens with one attached hydrogen (secondary N) is 1. The van der Waals surface area contributed by atoms with Crippen LogP contribution in [0.3, 0.4) is 0 Å². The molecule has 0 aromatic rings. The Bertz CT molecular complexity index is 86.5. The first-order valence-corrected chi connectivity index (χ1v) is 2.76. The summed E-state index contributed by atoms with van der Waals surface area (Å²) >= 11 is 0. The highest BCUT2D eigenvalue weighted by atomic mass is 16.2. The van der Waals surface area contributed by atoms with Crippen LogP contribution in [0.5, 0.6) is 0 Å². The second-order valence-electron chi connectivity index (χ2n) is 1.85. The summed E-state index contributed by atoms with van der Waals surface area (Å²) in [4.78, 5) is 0. The minimum atomic E-state index is 0.156. The summed E-state index contributed by atoms with van der Waals surface area (Å²) in [7, 11) is 0. The molecule has 0 saturated carbocycles. The molecular weight excluding hydrogens is 102 g/mol. The lowest BCUT2D eigenvalue weighted by atomic mass is 10.0. The smallest absolute Gasteiger partial charge is 0.0612 e. The Hall–Kier alpha value is -0.340. The van der Waals surface area contributed by atoms with Crippen molar-refractivity contribution in [1.82, 2.24) is 5.32 Å². The Morgan fingerprint density at radius 1 is 1.62 bits per heavy atom. The minimum Gasteiger partial charge on any atom is -0.392 e. The lowest BCUT2D eigenvalue weighted by Crippen LogP contribution is -2.38. The number of hydrogen-bond acceptors (Lipinski definition) is 2. The van der Waals surface area contributed by atoms with Crippen molar-refractivity contribution in [1.29, 1.82) is 0 Å². The fraction of sp³-hybridized carbons (Fsp3) is 0.500. The topological polar surface area (TPSA) is 32.3 Å². The monoisotopic (exact) mass is 112 g/mol. The van der Waals surface area contributed by atoms with Crippen LogP contribution in [0.4, 0.5) is 0 Å². The SMILES string of the molecule is OCC=C[C]1CNC1. The Morgan fingerprint density at radius 3 is 2.75 bits per heavy atom. The molecular formula is C6H10NO. The van der Waals surface area contributed by atoms with Gasteiger partial charge in [0.2, 0.25) is 0 Å². The number of aliphatic hydroxyl groups is 1. The summed E-state index contributed by atoms with van der Waals surface area (Å²) in [5, 5.41) is 11.4. The van der Waals surface area contributed by atoms with E-state index in [-0.39, 0.29) is 6.61 Å². The van der Waals surface area contributed by atoms with Crippen LogP contribution in [0.15, 0.2) is 12.2 Å². The summed E-state index contributed by atoms with van der Waals surface area (Å²) in [5.41, 5.74) is 0. The molecule has 0 aromatic carbocycles. The van der Waals surface area contributed by atoms with Crippen molar-refractivity contribution in [2.24, 2.45) is 0 Å². The van der Waals surface area contributed by atoms with E-state index in [1.165, 1.54) is 5.92 Å². The van der Waals surface area contributed by atoms with Crippen molar-refractivity contribution in [3.63, 3.8) is 0 Å². The zero-order chi connectivity index (χ0) is 5.82. The highest BCUT2D eigenvalue weighted by Crippen LogP contribution is 2.05. The van der Waals surface area contributed by atoms with Crippen LogP contribution >= 0.6 is 0 Å². The lowest BCUT2D eigenvalue weighted by Gasteiger charge is -2.22. The second kappa shape index (κ2) is 2.84. The van der Waals surface area contributed by atoms with Crippen molar-refractivity contribution in [2.75, 3.05) is 19.7 Å². The quantitative estimate of drug-likeness (QED) is 0.514. The largest absolute Gasteiger partial charge is 0.392 e. The molecule has 0 amide bonds. The average Bonchev–Trinajstić information content (AvgIpc) is 1.63. The Labute approximate surface area is 49.2 Å². The number of rotatable bonds is 2. The summed E-state index contributed by atoms with van der Waals surface area (Å²) in [6.45, 7) is 2.15. The van der Waals surface area contributed by atoms with Crippen LogP contribution < -0.4 is 5.32 Å². The predicted octanol–water partition coefficient (Wildman–Crippen LogP) is -0.287. The van der Waals surface area contributed by atoms with Gasteiger partial charge >= 0.3 is 0 Å². The molecule has 1 aliphatic heterocycles. The Balaban J connectivity index is 2.08. The molecule has 8 heavy (non-hydrogen) atoms. The predicted molar refractivity (Wildman–Crippen MR) is 32.3 cm³/mol. The number of aliphatic hydroxyl groups excluding tert-OH is 1. The normalized spacial score (nSPS) is 21.6. The van der Waals surface area contributed by atoms with Crippen LogP contribution in [0.25, 0.3) is 0 Å². The molecule has 0 unspecified atom stereocenters. The van der Waals surface area contributed by atoms with Gasteiger partial charge in [-0.2, -0.15) is 0 Å². The fourth-order valence-corrected chi connectivity index (χ4v) is 0.607. The van der Waals surface area contributed by atoms with Crippen LogP contribution in [-0.2, 0) is 0 Å². The van der Waals surface area contributed by atoms with Crippen molar-refractivity contribution < 1.29 is 5.11 Å². The van der Waals surface area contributed by atoms with Gasteiger partial charge in [-0.25, -0.2) is 0 Å². The van der Waals surface area contributed by atoms with E-state index < -0.39 is 0 Å². The van der Waals surface area contributed by atoms with Gasteiger partial charge in [0.05, 0.1) is 6.61 Å². The first kappa shape index (κ1) is 5.79. The molecule has 1 fully saturated rings. The highest BCUT2D eigenvalue weighted by molar-refractivity contribution is 5.18. The van der Waals surface area contributed by atoms with E-state index in [0.29, 0.717) is 0 Å². The minimum absolute atomic E-state index is 0.156. The maximum absolute atomic E-state index is 8.31. The van der Waals surface area contributed by atoms with E-state index in [2.05, 4.69) is 5.32 Å². The molecule has 1 saturated heterocycles. The maximum atomic E-state index is 8.31. The standard InChI is InChI=1S/C6H10NO/c8-3-1-2-6-4-7-5-6/h1-2,7-8H,3-5H2. The molecule has 2 nitrogen and oxygen atoms in total. The Kier molecular flexibility index (Phi) is 2.06. The van der Waals surface area contributed by atoms with Crippen molar-refractivity contribution in [3.8, 4) is 0 Å². The van der Waals surface area contributed by atoms with Gasteiger partial charge < -0.3 is 10.4 Å². The third-order valence-corrected chi connectivity index (χ3v) is 1.16. The van der Waals surface area contributed by atoms with Gasteiger partial charge in [0, 0.05) is 19.0 Å². The van der Waals surface area contributed by atoms with Crippen LogP contribution in [-0.4, -0.2) is 24.8 Å². The molecule has 1 rings (SSSR count). The fourth-order valence-electron chi connectivity index (χ4n) is 0.607. The van der Waals surface area contributed by atoms with E-state index >= 15 is 0 Å². The van der Waals surface area contributed by atoms with Crippen LogP contribution in [0.2, 0.25) is 0 Å². The first-order chi connectivity index (χ1) is 3.93. The summed E-state index contributed by atoms with van der Waals surface area (Å²) < 4.78 is 0. The van der Waals surface area contributed by atoms with Gasteiger partial charge in [0.15, 0.2) is 0 Å². The molecule has 45 valence electrons. The first-order valence-electron chi connectivity index (χ1n) is 2.76. The van der Waals surface area contributed by atoms with E-state index in [1.54, 1.807) is 6.08 Å². The van der Waals surface area contributed by atoms with Crippen molar-refractivity contribution in [3.05, 3.63) is 18.1 Å². The summed E-state index contributed by atoms with van der Waals surface area (Å²) in [6, 6.07) is 0. The molecule has 1 aliphatic rings. The summed E-state index contributed by atoms with van der Waals surface area (Å²) in [5.74, 6) is 1.37. The molecule has 1 heterocycles. The zero-order valence-corrected chi connectivity index (χ0v) is 4.72. The third-order valence-electron chi connectivity index (χ3n) is 1.16. The highest BCUT2D eigenvalue weighted by Gasteiger charge is 2.12. The van der Waals surface area contributed by atoms with Crippen LogP contribution in [0, 0.1) is 5.92 Å². The maximum Gasteiger partial charge on any atom is 0.0612 e. The van der Waals surface area contributed by atoms with Gasteiger partial charge in [-0.05, 0) is 0 Å². The lowest BCUT2D eigenvalue weighted by molar-refractivity contribution is 0.342. The van der Waals surface area contributed by atoms with Crippen LogP contribution in [0.1, 0.15) is 0 Å². The molecule has 0 spiro atoms. The van der Waals surface area contributed by atoms with E-state index in [9.17, 15) is 0 Å². The third kappa shape index (κ3) is 1.32. The number of hydrogen-bond donors (Lipinski definition) is 2. The molecule has 0 aromatic heterocycles. The van der Waals surface area contributed by atoms with Gasteiger partial charge in [0.1, 0.15) is 0 Å². The molecule has 0 bridgehead atoms. The average molecular weight is 112 g/mol. The van der Waals surface area contributed by atoms with Gasteiger partial charge in [-0.1, -0.05) is 12.2 Å².